The predicted molar refractivity (Wildman–Crippen MR) is 87.6 cm³/mol. The molecule has 0 aliphatic rings. The molecule has 108 valence electrons. The molecule has 0 saturated carbocycles. The minimum absolute atomic E-state index is 0.105. The molecule has 0 bridgehead atoms. The zero-order valence-corrected chi connectivity index (χ0v) is 13.9. The number of benzene rings is 1. The molecule has 20 heavy (non-hydrogen) atoms. The molecule has 2 aromatic rings. The Labute approximate surface area is 126 Å². The summed E-state index contributed by atoms with van der Waals surface area (Å²) in [6.07, 6.45) is 0.930. The van der Waals surface area contributed by atoms with E-state index in [4.69, 9.17) is 4.98 Å². The molecule has 0 unspecified atom stereocenters. The highest BCUT2D eigenvalue weighted by Gasteiger charge is 2.22. The third-order valence-corrected chi connectivity index (χ3v) is 4.28. The molecule has 1 aromatic carbocycles. The normalized spacial score (nSPS) is 11.8. The van der Waals surface area contributed by atoms with Gasteiger partial charge in [-0.05, 0) is 19.5 Å². The van der Waals surface area contributed by atoms with E-state index in [2.05, 4.69) is 57.3 Å². The Morgan fingerprint density at radius 1 is 1.25 bits per heavy atom. The fourth-order valence-electron chi connectivity index (χ4n) is 2.34. The van der Waals surface area contributed by atoms with Crippen LogP contribution in [0.3, 0.4) is 0 Å². The van der Waals surface area contributed by atoms with E-state index in [0.29, 0.717) is 0 Å². The van der Waals surface area contributed by atoms with Gasteiger partial charge in [0.25, 0.3) is 0 Å². The van der Waals surface area contributed by atoms with Gasteiger partial charge in [0.1, 0.15) is 0 Å². The van der Waals surface area contributed by atoms with Crippen LogP contribution in [-0.2, 0) is 18.4 Å². The number of rotatable bonds is 4. The first kappa shape index (κ1) is 15.2. The molecular weight excluding hydrogens is 264 g/mol. The van der Waals surface area contributed by atoms with E-state index in [-0.39, 0.29) is 5.41 Å². The Kier molecular flexibility index (Phi) is 4.61. The van der Waals surface area contributed by atoms with Crippen LogP contribution in [0, 0.1) is 6.92 Å². The molecule has 2 rings (SSSR count). The minimum Gasteiger partial charge on any atom is -0.315 e. The Morgan fingerprint density at radius 3 is 2.60 bits per heavy atom. The minimum atomic E-state index is 0.105. The summed E-state index contributed by atoms with van der Waals surface area (Å²) in [5.41, 5.74) is 3.99. The van der Waals surface area contributed by atoms with Gasteiger partial charge in [-0.3, -0.25) is 0 Å². The molecule has 1 heterocycles. The van der Waals surface area contributed by atoms with Gasteiger partial charge < -0.3 is 5.32 Å². The largest absolute Gasteiger partial charge is 0.315 e. The lowest BCUT2D eigenvalue weighted by atomic mass is 9.91. The van der Waals surface area contributed by atoms with Crippen molar-refractivity contribution >= 4 is 11.3 Å². The molecule has 1 N–H and O–H groups in total. The average Bonchev–Trinajstić information content (AvgIpc) is 2.72. The second-order valence-corrected chi connectivity index (χ2v) is 7.49. The van der Waals surface area contributed by atoms with E-state index < -0.39 is 0 Å². The van der Waals surface area contributed by atoms with E-state index in [1.54, 1.807) is 0 Å². The summed E-state index contributed by atoms with van der Waals surface area (Å²) in [7, 11) is 1.99. The van der Waals surface area contributed by atoms with E-state index in [0.717, 1.165) is 13.0 Å². The second kappa shape index (κ2) is 6.06. The van der Waals surface area contributed by atoms with Crippen LogP contribution in [0.25, 0.3) is 0 Å². The molecule has 0 spiro atoms. The zero-order chi connectivity index (χ0) is 14.8. The molecule has 0 radical (unpaired) electrons. The SMILES string of the molecule is CNCc1sc(Cc2cccc(C)c2)nc1C(C)(C)C. The summed E-state index contributed by atoms with van der Waals surface area (Å²) in [6, 6.07) is 8.69. The number of aryl methyl sites for hydroxylation is 1. The van der Waals surface area contributed by atoms with E-state index in [9.17, 15) is 0 Å². The van der Waals surface area contributed by atoms with Gasteiger partial charge in [-0.1, -0.05) is 50.6 Å². The number of thiazole rings is 1. The van der Waals surface area contributed by atoms with E-state index in [1.165, 1.54) is 26.7 Å². The molecule has 0 aliphatic heterocycles. The van der Waals surface area contributed by atoms with Crippen molar-refractivity contribution in [3.05, 3.63) is 51.0 Å². The Balaban J connectivity index is 2.29. The van der Waals surface area contributed by atoms with Crippen molar-refractivity contribution < 1.29 is 0 Å². The highest BCUT2D eigenvalue weighted by molar-refractivity contribution is 7.11. The maximum Gasteiger partial charge on any atom is 0.0975 e. The first-order chi connectivity index (χ1) is 9.40. The van der Waals surface area contributed by atoms with Crippen LogP contribution in [0.1, 0.15) is 47.5 Å². The Hall–Kier alpha value is -1.19. The fraction of sp³-hybridized carbons (Fsp3) is 0.471. The van der Waals surface area contributed by atoms with Crippen molar-refractivity contribution in [2.75, 3.05) is 7.05 Å². The van der Waals surface area contributed by atoms with Crippen molar-refractivity contribution in [2.24, 2.45) is 0 Å². The summed E-state index contributed by atoms with van der Waals surface area (Å²) in [4.78, 5) is 6.27. The molecule has 0 atom stereocenters. The van der Waals surface area contributed by atoms with Crippen molar-refractivity contribution in [3.63, 3.8) is 0 Å². The molecule has 0 saturated heterocycles. The number of aromatic nitrogens is 1. The molecule has 0 fully saturated rings. The molecule has 0 amide bonds. The number of hydrogen-bond donors (Lipinski definition) is 1. The molecule has 3 heteroatoms. The van der Waals surface area contributed by atoms with E-state index in [1.807, 2.05) is 18.4 Å². The number of nitrogens with zero attached hydrogens (tertiary/aromatic N) is 1. The summed E-state index contributed by atoms with van der Waals surface area (Å²) in [5.74, 6) is 0. The second-order valence-electron chi connectivity index (χ2n) is 6.33. The zero-order valence-electron chi connectivity index (χ0n) is 13.1. The average molecular weight is 288 g/mol. The quantitative estimate of drug-likeness (QED) is 0.917. The van der Waals surface area contributed by atoms with Crippen LogP contribution in [0.15, 0.2) is 24.3 Å². The predicted octanol–water partition coefficient (Wildman–Crippen LogP) is 4.06. The summed E-state index contributed by atoms with van der Waals surface area (Å²) in [6.45, 7) is 9.74. The molecule has 0 aliphatic carbocycles. The van der Waals surface area contributed by atoms with Gasteiger partial charge >= 0.3 is 0 Å². The lowest BCUT2D eigenvalue weighted by Gasteiger charge is -2.17. The van der Waals surface area contributed by atoms with Gasteiger partial charge in [-0.15, -0.1) is 11.3 Å². The Bertz CT molecular complexity index is 579. The Morgan fingerprint density at radius 2 is 2.00 bits per heavy atom. The highest BCUT2D eigenvalue weighted by atomic mass is 32.1. The van der Waals surface area contributed by atoms with Gasteiger partial charge in [0.15, 0.2) is 0 Å². The third kappa shape index (κ3) is 3.68. The number of nitrogens with one attached hydrogen (secondary N) is 1. The monoisotopic (exact) mass is 288 g/mol. The lowest BCUT2D eigenvalue weighted by Crippen LogP contribution is -2.16. The van der Waals surface area contributed by atoms with Crippen LogP contribution in [0.2, 0.25) is 0 Å². The van der Waals surface area contributed by atoms with E-state index >= 15 is 0 Å². The maximum absolute atomic E-state index is 4.90. The van der Waals surface area contributed by atoms with Crippen LogP contribution in [-0.4, -0.2) is 12.0 Å². The van der Waals surface area contributed by atoms with Crippen LogP contribution in [0.5, 0.6) is 0 Å². The van der Waals surface area contributed by atoms with Gasteiger partial charge in [0.05, 0.1) is 10.7 Å². The van der Waals surface area contributed by atoms with Gasteiger partial charge in [-0.25, -0.2) is 4.98 Å². The van der Waals surface area contributed by atoms with Gasteiger partial charge in [-0.2, -0.15) is 0 Å². The first-order valence-corrected chi connectivity index (χ1v) is 7.91. The van der Waals surface area contributed by atoms with Crippen LogP contribution < -0.4 is 5.32 Å². The fourth-order valence-corrected chi connectivity index (χ4v) is 3.66. The summed E-state index contributed by atoms with van der Waals surface area (Å²) >= 11 is 1.84. The summed E-state index contributed by atoms with van der Waals surface area (Å²) < 4.78 is 0. The smallest absolute Gasteiger partial charge is 0.0975 e. The highest BCUT2D eigenvalue weighted by Crippen LogP contribution is 2.30. The summed E-state index contributed by atoms with van der Waals surface area (Å²) in [5, 5.41) is 4.47. The molecule has 1 aromatic heterocycles. The van der Waals surface area contributed by atoms with Crippen molar-refractivity contribution in [1.82, 2.24) is 10.3 Å². The lowest BCUT2D eigenvalue weighted by molar-refractivity contribution is 0.561. The maximum atomic E-state index is 4.90. The van der Waals surface area contributed by atoms with Crippen LogP contribution in [0.4, 0.5) is 0 Å². The standard InChI is InChI=1S/C17H24N2S/c1-12-7-6-8-13(9-12)10-15-19-16(17(2,3)4)14(20-15)11-18-5/h6-9,18H,10-11H2,1-5H3. The third-order valence-electron chi connectivity index (χ3n) is 3.23. The van der Waals surface area contributed by atoms with Gasteiger partial charge in [0.2, 0.25) is 0 Å². The molecule has 2 nitrogen and oxygen atoms in total. The molecular formula is C17H24N2S. The van der Waals surface area contributed by atoms with Crippen molar-refractivity contribution in [3.8, 4) is 0 Å². The number of hydrogen-bond acceptors (Lipinski definition) is 3. The first-order valence-electron chi connectivity index (χ1n) is 7.09. The topological polar surface area (TPSA) is 24.9 Å². The van der Waals surface area contributed by atoms with Gasteiger partial charge in [0, 0.05) is 23.3 Å². The van der Waals surface area contributed by atoms with Crippen molar-refractivity contribution in [1.29, 1.82) is 0 Å². The van der Waals surface area contributed by atoms with Crippen LogP contribution >= 0.6 is 11.3 Å². The van der Waals surface area contributed by atoms with Crippen molar-refractivity contribution in [2.45, 2.75) is 46.1 Å².